The number of aliphatic hydroxyl groups is 1. The van der Waals surface area contributed by atoms with Crippen molar-refractivity contribution in [3.63, 3.8) is 0 Å². The highest BCUT2D eigenvalue weighted by Crippen LogP contribution is 2.27. The molecule has 0 aliphatic carbocycles. The van der Waals surface area contributed by atoms with E-state index in [0.717, 1.165) is 37.4 Å². The molecular weight excluding hydrogens is 320 g/mol. The maximum Gasteiger partial charge on any atom is 0.252 e. The largest absolute Gasteiger partial charge is 0.380 e. The quantitative estimate of drug-likeness (QED) is 0.857. The van der Waals surface area contributed by atoms with Crippen molar-refractivity contribution in [2.45, 2.75) is 50.8 Å². The van der Waals surface area contributed by atoms with Crippen LogP contribution in [0.4, 0.5) is 0 Å². The zero-order valence-corrected chi connectivity index (χ0v) is 15.3. The molecule has 1 aromatic rings. The van der Waals surface area contributed by atoms with Crippen LogP contribution in [0.15, 0.2) is 24.3 Å². The van der Waals surface area contributed by atoms with Gasteiger partial charge in [-0.05, 0) is 48.3 Å². The van der Waals surface area contributed by atoms with Crippen LogP contribution in [0.2, 0.25) is 0 Å². The number of amides is 1. The van der Waals surface area contributed by atoms with Gasteiger partial charge in [0.05, 0.1) is 0 Å². The van der Waals surface area contributed by atoms with Gasteiger partial charge in [-0.25, -0.2) is 0 Å². The van der Waals surface area contributed by atoms with Gasteiger partial charge in [-0.2, -0.15) is 11.8 Å². The molecule has 1 aromatic carbocycles. The van der Waals surface area contributed by atoms with Crippen LogP contribution in [0.3, 0.4) is 0 Å². The Morgan fingerprint density at radius 2 is 2.04 bits per heavy atom. The van der Waals surface area contributed by atoms with Crippen LogP contribution in [-0.4, -0.2) is 52.2 Å². The zero-order valence-electron chi connectivity index (χ0n) is 14.5. The number of carbonyl (C=O) groups is 1. The van der Waals surface area contributed by atoms with Crippen LogP contribution in [0, 0.1) is 0 Å². The van der Waals surface area contributed by atoms with Gasteiger partial charge >= 0.3 is 0 Å². The molecule has 132 valence electrons. The fourth-order valence-corrected chi connectivity index (χ4v) is 4.84. The van der Waals surface area contributed by atoms with E-state index < -0.39 is 5.60 Å². The second-order valence-corrected chi connectivity index (χ2v) is 8.13. The summed E-state index contributed by atoms with van der Waals surface area (Å²) in [6.45, 7) is 4.77. The molecule has 2 aliphatic rings. The Balaban J connectivity index is 1.56. The summed E-state index contributed by atoms with van der Waals surface area (Å²) in [6.07, 6.45) is 3.20. The second-order valence-electron chi connectivity index (χ2n) is 6.91. The van der Waals surface area contributed by atoms with E-state index in [0.29, 0.717) is 25.4 Å². The van der Waals surface area contributed by atoms with Crippen molar-refractivity contribution in [1.29, 1.82) is 0 Å². The number of fused-ring (bicyclic) bond motifs is 1. The van der Waals surface area contributed by atoms with Crippen molar-refractivity contribution < 1.29 is 9.90 Å². The van der Waals surface area contributed by atoms with E-state index in [9.17, 15) is 9.90 Å². The fourth-order valence-electron chi connectivity index (χ4n) is 3.67. The van der Waals surface area contributed by atoms with E-state index in [1.165, 1.54) is 11.1 Å². The van der Waals surface area contributed by atoms with Crippen LogP contribution in [0.1, 0.15) is 37.3 Å². The minimum Gasteiger partial charge on any atom is -0.380 e. The molecule has 4 nitrogen and oxygen atoms in total. The molecule has 0 saturated carbocycles. The number of hydrogen-bond donors (Lipinski definition) is 2. The molecule has 0 aromatic heterocycles. The standard InChI is InChI=1S/C19H28N2O2S/c1-2-17(13-20-18(22)19(23)8-11-24-12-9-19)21-10-7-15-5-3-4-6-16(15)14-21/h3-6,17,23H,2,7-14H2,1H3,(H,20,22). The summed E-state index contributed by atoms with van der Waals surface area (Å²) < 4.78 is 0. The number of thioether (sulfide) groups is 1. The van der Waals surface area contributed by atoms with Crippen LogP contribution in [-0.2, 0) is 17.8 Å². The van der Waals surface area contributed by atoms with Gasteiger partial charge in [0, 0.05) is 25.7 Å². The van der Waals surface area contributed by atoms with Crippen molar-refractivity contribution >= 4 is 17.7 Å². The minimum atomic E-state index is -1.15. The van der Waals surface area contributed by atoms with E-state index in [4.69, 9.17) is 0 Å². The molecule has 1 atom stereocenters. The van der Waals surface area contributed by atoms with Crippen LogP contribution < -0.4 is 5.32 Å². The minimum absolute atomic E-state index is 0.182. The Kier molecular flexibility index (Phi) is 5.85. The maximum atomic E-state index is 12.4. The molecule has 0 radical (unpaired) electrons. The number of benzene rings is 1. The number of carbonyl (C=O) groups excluding carboxylic acids is 1. The summed E-state index contributed by atoms with van der Waals surface area (Å²) in [4.78, 5) is 14.9. The Morgan fingerprint density at radius 1 is 1.33 bits per heavy atom. The van der Waals surface area contributed by atoms with Gasteiger partial charge in [0.2, 0.25) is 0 Å². The molecule has 3 rings (SSSR count). The van der Waals surface area contributed by atoms with Gasteiger partial charge in [0.15, 0.2) is 0 Å². The van der Waals surface area contributed by atoms with Crippen molar-refractivity contribution in [2.24, 2.45) is 0 Å². The summed E-state index contributed by atoms with van der Waals surface area (Å²) in [5, 5.41) is 13.6. The van der Waals surface area contributed by atoms with E-state index in [1.807, 2.05) is 11.8 Å². The first-order valence-electron chi connectivity index (χ1n) is 9.01. The third-order valence-electron chi connectivity index (χ3n) is 5.39. The average Bonchev–Trinajstić information content (AvgIpc) is 2.62. The smallest absolute Gasteiger partial charge is 0.252 e. The summed E-state index contributed by atoms with van der Waals surface area (Å²) in [5.74, 6) is 1.55. The van der Waals surface area contributed by atoms with Gasteiger partial charge in [-0.15, -0.1) is 0 Å². The molecule has 2 heterocycles. The summed E-state index contributed by atoms with van der Waals surface area (Å²) in [5.41, 5.74) is 1.69. The molecule has 0 spiro atoms. The fraction of sp³-hybridized carbons (Fsp3) is 0.632. The summed E-state index contributed by atoms with van der Waals surface area (Å²) in [6, 6.07) is 8.95. The SMILES string of the molecule is CCC(CNC(=O)C1(O)CCSCC1)N1CCc2ccccc2C1. The molecule has 1 amide bonds. The second kappa shape index (κ2) is 7.89. The van der Waals surface area contributed by atoms with Gasteiger partial charge in [-0.1, -0.05) is 31.2 Å². The Morgan fingerprint density at radius 3 is 2.75 bits per heavy atom. The lowest BCUT2D eigenvalue weighted by atomic mass is 9.95. The molecular formula is C19H28N2O2S. The lowest BCUT2D eigenvalue weighted by molar-refractivity contribution is -0.140. The Labute approximate surface area is 149 Å². The predicted molar refractivity (Wildman–Crippen MR) is 99.2 cm³/mol. The predicted octanol–water partition coefficient (Wildman–Crippen LogP) is 2.20. The number of nitrogens with one attached hydrogen (secondary N) is 1. The van der Waals surface area contributed by atoms with Crippen molar-refractivity contribution in [3.05, 3.63) is 35.4 Å². The topological polar surface area (TPSA) is 52.6 Å². The zero-order chi connectivity index (χ0) is 17.0. The lowest BCUT2D eigenvalue weighted by Gasteiger charge is -2.36. The van der Waals surface area contributed by atoms with Gasteiger partial charge < -0.3 is 10.4 Å². The van der Waals surface area contributed by atoms with Crippen molar-refractivity contribution in [2.75, 3.05) is 24.6 Å². The van der Waals surface area contributed by atoms with E-state index in [1.54, 1.807) is 0 Å². The molecule has 2 N–H and O–H groups in total. The van der Waals surface area contributed by atoms with E-state index in [-0.39, 0.29) is 5.91 Å². The summed E-state index contributed by atoms with van der Waals surface area (Å²) in [7, 11) is 0. The number of hydrogen-bond acceptors (Lipinski definition) is 4. The highest BCUT2D eigenvalue weighted by atomic mass is 32.2. The monoisotopic (exact) mass is 348 g/mol. The van der Waals surface area contributed by atoms with Crippen LogP contribution in [0.25, 0.3) is 0 Å². The highest BCUT2D eigenvalue weighted by Gasteiger charge is 2.37. The van der Waals surface area contributed by atoms with Crippen molar-refractivity contribution in [3.8, 4) is 0 Å². The van der Waals surface area contributed by atoms with Gasteiger partial charge in [0.1, 0.15) is 5.60 Å². The molecule has 1 unspecified atom stereocenters. The first-order valence-corrected chi connectivity index (χ1v) is 10.2. The lowest BCUT2D eigenvalue weighted by Crippen LogP contribution is -2.53. The average molecular weight is 349 g/mol. The van der Waals surface area contributed by atoms with E-state index >= 15 is 0 Å². The third kappa shape index (κ3) is 3.95. The van der Waals surface area contributed by atoms with E-state index in [2.05, 4.69) is 41.4 Å². The molecule has 1 fully saturated rings. The molecule has 5 heteroatoms. The van der Waals surface area contributed by atoms with Crippen LogP contribution >= 0.6 is 11.8 Å². The number of rotatable bonds is 5. The van der Waals surface area contributed by atoms with Gasteiger partial charge in [-0.3, -0.25) is 9.69 Å². The first kappa shape index (κ1) is 17.8. The normalized spacial score (nSPS) is 21.8. The third-order valence-corrected chi connectivity index (χ3v) is 6.37. The summed E-state index contributed by atoms with van der Waals surface area (Å²) >= 11 is 1.81. The highest BCUT2D eigenvalue weighted by molar-refractivity contribution is 7.99. The van der Waals surface area contributed by atoms with Crippen LogP contribution in [0.5, 0.6) is 0 Å². The molecule has 2 aliphatic heterocycles. The molecule has 24 heavy (non-hydrogen) atoms. The van der Waals surface area contributed by atoms with Crippen molar-refractivity contribution in [1.82, 2.24) is 10.2 Å². The molecule has 0 bridgehead atoms. The Hall–Kier alpha value is -1.04. The first-order chi connectivity index (χ1) is 11.6. The Bertz CT molecular complexity index is 572. The molecule has 1 saturated heterocycles. The maximum absolute atomic E-state index is 12.4. The van der Waals surface area contributed by atoms with Gasteiger partial charge in [0.25, 0.3) is 5.91 Å². The number of nitrogens with zero attached hydrogens (tertiary/aromatic N) is 1.